The van der Waals surface area contributed by atoms with E-state index in [2.05, 4.69) is 0 Å². The summed E-state index contributed by atoms with van der Waals surface area (Å²) in [7, 11) is 0. The molecule has 0 aliphatic carbocycles. The predicted octanol–water partition coefficient (Wildman–Crippen LogP) is 2.56. The predicted molar refractivity (Wildman–Crippen MR) is 83.0 cm³/mol. The SMILES string of the molecule is O=C(O)Cn1c(=O)oc2cc(C(=O)c3ccccc3Cl)ccc21. The van der Waals surface area contributed by atoms with Crippen molar-refractivity contribution in [3.63, 3.8) is 0 Å². The van der Waals surface area contributed by atoms with Crippen LogP contribution in [0.5, 0.6) is 0 Å². The first-order valence-electron chi connectivity index (χ1n) is 6.62. The Kier molecular flexibility index (Phi) is 3.75. The second kappa shape index (κ2) is 5.73. The van der Waals surface area contributed by atoms with Crippen molar-refractivity contribution in [3.8, 4) is 0 Å². The van der Waals surface area contributed by atoms with Gasteiger partial charge in [0.05, 0.1) is 10.5 Å². The first-order chi connectivity index (χ1) is 11.0. The van der Waals surface area contributed by atoms with Crippen molar-refractivity contribution in [2.24, 2.45) is 0 Å². The number of oxazole rings is 1. The van der Waals surface area contributed by atoms with Crippen LogP contribution in [0.25, 0.3) is 11.1 Å². The summed E-state index contributed by atoms with van der Waals surface area (Å²) < 4.78 is 6.00. The fourth-order valence-corrected chi connectivity index (χ4v) is 2.52. The number of hydrogen-bond acceptors (Lipinski definition) is 4. The Balaban J connectivity index is 2.08. The number of aromatic nitrogens is 1. The van der Waals surface area contributed by atoms with Gasteiger partial charge in [0.15, 0.2) is 11.4 Å². The maximum absolute atomic E-state index is 12.5. The number of ketones is 1. The lowest BCUT2D eigenvalue weighted by Gasteiger charge is -2.03. The highest BCUT2D eigenvalue weighted by atomic mass is 35.5. The molecule has 7 heteroatoms. The second-order valence-corrected chi connectivity index (χ2v) is 5.25. The van der Waals surface area contributed by atoms with Gasteiger partial charge in [-0.2, -0.15) is 0 Å². The molecule has 0 bridgehead atoms. The van der Waals surface area contributed by atoms with Gasteiger partial charge in [-0.25, -0.2) is 4.79 Å². The van der Waals surface area contributed by atoms with Crippen molar-refractivity contribution in [1.29, 1.82) is 0 Å². The zero-order chi connectivity index (χ0) is 16.6. The van der Waals surface area contributed by atoms with Gasteiger partial charge in [0.2, 0.25) is 0 Å². The van der Waals surface area contributed by atoms with Gasteiger partial charge in [-0.15, -0.1) is 0 Å². The first-order valence-corrected chi connectivity index (χ1v) is 6.99. The minimum atomic E-state index is -1.16. The van der Waals surface area contributed by atoms with Crippen LogP contribution in [0, 0.1) is 0 Å². The average molecular weight is 332 g/mol. The summed E-state index contributed by atoms with van der Waals surface area (Å²) >= 11 is 6.01. The Hall–Kier alpha value is -2.86. The summed E-state index contributed by atoms with van der Waals surface area (Å²) in [6, 6.07) is 11.0. The number of carboxylic acids is 1. The van der Waals surface area contributed by atoms with Crippen LogP contribution < -0.4 is 5.76 Å². The molecule has 1 aromatic heterocycles. The summed E-state index contributed by atoms with van der Waals surface area (Å²) in [5.41, 5.74) is 1.09. The highest BCUT2D eigenvalue weighted by molar-refractivity contribution is 6.35. The van der Waals surface area contributed by atoms with E-state index in [4.69, 9.17) is 21.1 Å². The van der Waals surface area contributed by atoms with Crippen molar-refractivity contribution >= 4 is 34.5 Å². The van der Waals surface area contributed by atoms with E-state index in [1.165, 1.54) is 18.2 Å². The molecule has 0 unspecified atom stereocenters. The molecule has 1 N–H and O–H groups in total. The molecule has 0 amide bonds. The largest absolute Gasteiger partial charge is 0.480 e. The zero-order valence-corrected chi connectivity index (χ0v) is 12.4. The molecule has 6 nitrogen and oxygen atoms in total. The monoisotopic (exact) mass is 331 g/mol. The lowest BCUT2D eigenvalue weighted by Crippen LogP contribution is -2.19. The van der Waals surface area contributed by atoms with Gasteiger partial charge < -0.3 is 9.52 Å². The van der Waals surface area contributed by atoms with Crippen LogP contribution in [-0.4, -0.2) is 21.4 Å². The summed E-state index contributed by atoms with van der Waals surface area (Å²) in [4.78, 5) is 35.0. The molecule has 0 saturated heterocycles. The molecule has 0 atom stereocenters. The number of carboxylic acid groups (broad SMARTS) is 1. The van der Waals surface area contributed by atoms with Gasteiger partial charge in [-0.1, -0.05) is 23.7 Å². The third-order valence-corrected chi connectivity index (χ3v) is 3.67. The first kappa shape index (κ1) is 15.1. The molecule has 116 valence electrons. The minimum Gasteiger partial charge on any atom is -0.480 e. The lowest BCUT2D eigenvalue weighted by atomic mass is 10.0. The summed E-state index contributed by atoms with van der Waals surface area (Å²) in [6.45, 7) is -0.510. The topological polar surface area (TPSA) is 89.5 Å². The van der Waals surface area contributed by atoms with Gasteiger partial charge in [-0.3, -0.25) is 14.2 Å². The molecule has 0 fully saturated rings. The van der Waals surface area contributed by atoms with Gasteiger partial charge in [0, 0.05) is 11.1 Å². The summed E-state index contributed by atoms with van der Waals surface area (Å²) in [5, 5.41) is 9.14. The number of nitrogens with zero attached hydrogens (tertiary/aromatic N) is 1. The van der Waals surface area contributed by atoms with Gasteiger partial charge in [0.1, 0.15) is 6.54 Å². The molecular formula is C16H10ClNO5. The fourth-order valence-electron chi connectivity index (χ4n) is 2.29. The number of rotatable bonds is 4. The Morgan fingerprint density at radius 1 is 1.17 bits per heavy atom. The number of halogens is 1. The molecule has 0 radical (unpaired) electrons. The van der Waals surface area contributed by atoms with Crippen LogP contribution in [0.1, 0.15) is 15.9 Å². The highest BCUT2D eigenvalue weighted by Gasteiger charge is 2.17. The molecule has 0 aliphatic rings. The molecule has 2 aromatic carbocycles. The number of benzene rings is 2. The van der Waals surface area contributed by atoms with Crippen molar-refractivity contribution in [2.45, 2.75) is 6.54 Å². The maximum Gasteiger partial charge on any atom is 0.420 e. The van der Waals surface area contributed by atoms with Crippen LogP contribution in [0.2, 0.25) is 5.02 Å². The van der Waals surface area contributed by atoms with E-state index >= 15 is 0 Å². The molecule has 0 spiro atoms. The smallest absolute Gasteiger partial charge is 0.420 e. The minimum absolute atomic E-state index is 0.147. The molecule has 3 aromatic rings. The van der Waals surface area contributed by atoms with Crippen molar-refractivity contribution in [3.05, 3.63) is 69.2 Å². The Morgan fingerprint density at radius 3 is 2.61 bits per heavy atom. The molecule has 23 heavy (non-hydrogen) atoms. The third-order valence-electron chi connectivity index (χ3n) is 3.34. The van der Waals surface area contributed by atoms with Crippen LogP contribution in [-0.2, 0) is 11.3 Å². The summed E-state index contributed by atoms with van der Waals surface area (Å²) in [5.74, 6) is -2.26. The standard InChI is InChI=1S/C16H10ClNO5/c17-11-4-2-1-3-10(11)15(21)9-5-6-12-13(7-9)23-16(22)18(12)8-14(19)20/h1-7H,8H2,(H,19,20). The molecule has 0 aliphatic heterocycles. The van der Waals surface area contributed by atoms with E-state index in [1.807, 2.05) is 0 Å². The Morgan fingerprint density at radius 2 is 1.91 bits per heavy atom. The molecular weight excluding hydrogens is 322 g/mol. The van der Waals surface area contributed by atoms with Crippen molar-refractivity contribution in [1.82, 2.24) is 4.57 Å². The van der Waals surface area contributed by atoms with Gasteiger partial charge >= 0.3 is 11.7 Å². The van der Waals surface area contributed by atoms with Crippen molar-refractivity contribution in [2.75, 3.05) is 0 Å². The molecule has 3 rings (SSSR count). The van der Waals surface area contributed by atoms with Gasteiger partial charge in [0.25, 0.3) is 0 Å². The number of hydrogen-bond donors (Lipinski definition) is 1. The number of aliphatic carboxylic acids is 1. The Bertz CT molecular complexity index is 986. The maximum atomic E-state index is 12.5. The number of fused-ring (bicyclic) bond motifs is 1. The van der Waals surface area contributed by atoms with E-state index in [0.717, 1.165) is 4.57 Å². The summed E-state index contributed by atoms with van der Waals surface area (Å²) in [6.07, 6.45) is 0. The normalized spacial score (nSPS) is 10.8. The Labute approximate surface area is 134 Å². The highest BCUT2D eigenvalue weighted by Crippen LogP contribution is 2.22. The van der Waals surface area contributed by atoms with Crippen molar-refractivity contribution < 1.29 is 19.1 Å². The van der Waals surface area contributed by atoms with Crippen LogP contribution in [0.4, 0.5) is 0 Å². The zero-order valence-electron chi connectivity index (χ0n) is 11.7. The lowest BCUT2D eigenvalue weighted by molar-refractivity contribution is -0.137. The quantitative estimate of drug-likeness (QED) is 0.742. The average Bonchev–Trinajstić information content (AvgIpc) is 2.82. The van der Waals surface area contributed by atoms with E-state index in [-0.39, 0.29) is 11.4 Å². The van der Waals surface area contributed by atoms with E-state index in [0.29, 0.717) is 21.7 Å². The van der Waals surface area contributed by atoms with Gasteiger partial charge in [-0.05, 0) is 30.3 Å². The molecule has 1 heterocycles. The van der Waals surface area contributed by atoms with E-state index < -0.39 is 18.3 Å². The van der Waals surface area contributed by atoms with E-state index in [1.54, 1.807) is 24.3 Å². The van der Waals surface area contributed by atoms with Crippen LogP contribution in [0.3, 0.4) is 0 Å². The van der Waals surface area contributed by atoms with E-state index in [9.17, 15) is 14.4 Å². The van der Waals surface area contributed by atoms with Crippen LogP contribution in [0.15, 0.2) is 51.7 Å². The number of carbonyl (C=O) groups excluding carboxylic acids is 1. The molecule has 0 saturated carbocycles. The number of carbonyl (C=O) groups is 2. The third kappa shape index (κ3) is 2.76. The second-order valence-electron chi connectivity index (χ2n) is 4.84. The van der Waals surface area contributed by atoms with Crippen LogP contribution >= 0.6 is 11.6 Å². The fraction of sp³-hybridized carbons (Fsp3) is 0.0625.